The molecular weight excluding hydrogens is 322 g/mol. The zero-order chi connectivity index (χ0) is 18.4. The molecule has 132 valence electrons. The van der Waals surface area contributed by atoms with Crippen LogP contribution in [0.3, 0.4) is 0 Å². The average molecular weight is 343 g/mol. The first-order valence-corrected chi connectivity index (χ1v) is 7.90. The van der Waals surface area contributed by atoms with Crippen molar-refractivity contribution < 1.29 is 18.8 Å². The Morgan fingerprint density at radius 2 is 1.88 bits per heavy atom. The smallest absolute Gasteiger partial charge is 0.291 e. The van der Waals surface area contributed by atoms with Crippen molar-refractivity contribution >= 4 is 23.4 Å². The summed E-state index contributed by atoms with van der Waals surface area (Å²) in [5.41, 5.74) is 1.65. The number of aryl methyl sites for hydroxylation is 1. The number of amides is 3. The lowest BCUT2D eigenvalue weighted by molar-refractivity contribution is -0.120. The number of carbonyl (C=O) groups excluding carboxylic acids is 3. The van der Waals surface area contributed by atoms with E-state index in [9.17, 15) is 14.4 Å². The molecule has 0 spiro atoms. The number of furan rings is 1. The van der Waals surface area contributed by atoms with Crippen LogP contribution in [-0.4, -0.2) is 30.3 Å². The Kier molecular flexibility index (Phi) is 5.94. The van der Waals surface area contributed by atoms with Crippen molar-refractivity contribution in [2.24, 2.45) is 0 Å². The minimum atomic E-state index is -0.401. The number of hydrogen-bond donors (Lipinski definition) is 3. The quantitative estimate of drug-likeness (QED) is 0.747. The first-order chi connectivity index (χ1) is 11.9. The van der Waals surface area contributed by atoms with Gasteiger partial charge in [-0.25, -0.2) is 0 Å². The van der Waals surface area contributed by atoms with Crippen LogP contribution < -0.4 is 16.0 Å². The van der Waals surface area contributed by atoms with Crippen molar-refractivity contribution in [1.29, 1.82) is 0 Å². The van der Waals surface area contributed by atoms with E-state index in [0.29, 0.717) is 11.3 Å². The second kappa shape index (κ2) is 8.14. The number of rotatable bonds is 6. The molecule has 0 fully saturated rings. The zero-order valence-electron chi connectivity index (χ0n) is 14.4. The lowest BCUT2D eigenvalue weighted by Crippen LogP contribution is -2.39. The molecule has 0 saturated carbocycles. The highest BCUT2D eigenvalue weighted by atomic mass is 16.3. The number of nitrogens with one attached hydrogen (secondary N) is 3. The largest absolute Gasteiger partial charge is 0.459 e. The van der Waals surface area contributed by atoms with E-state index in [4.69, 9.17) is 4.42 Å². The van der Waals surface area contributed by atoms with Crippen molar-refractivity contribution in [3.8, 4) is 0 Å². The molecule has 1 heterocycles. The third-order valence-corrected chi connectivity index (χ3v) is 3.35. The van der Waals surface area contributed by atoms with E-state index >= 15 is 0 Å². The molecule has 0 saturated heterocycles. The number of hydrogen-bond acceptors (Lipinski definition) is 4. The molecule has 2 aromatic rings. The first-order valence-electron chi connectivity index (χ1n) is 7.90. The third-order valence-electron chi connectivity index (χ3n) is 3.35. The van der Waals surface area contributed by atoms with Gasteiger partial charge in [0.1, 0.15) is 0 Å². The maximum absolute atomic E-state index is 12.2. The molecule has 0 aliphatic rings. The van der Waals surface area contributed by atoms with Gasteiger partial charge in [-0.05, 0) is 50.6 Å². The molecule has 0 aliphatic heterocycles. The standard InChI is InChI=1S/C18H21N3O4/c1-11(2)20-16(22)10-19-17(23)13-7-6-12(3)14(9-13)21-18(24)15-5-4-8-25-15/h4-9,11H,10H2,1-3H3,(H,19,23)(H,20,22)(H,21,24). The summed E-state index contributed by atoms with van der Waals surface area (Å²) in [6.45, 7) is 5.38. The molecule has 25 heavy (non-hydrogen) atoms. The van der Waals surface area contributed by atoms with Crippen LogP contribution in [0.5, 0.6) is 0 Å². The molecule has 7 nitrogen and oxygen atoms in total. The molecule has 0 unspecified atom stereocenters. The van der Waals surface area contributed by atoms with Gasteiger partial charge in [-0.1, -0.05) is 6.07 Å². The van der Waals surface area contributed by atoms with Crippen LogP contribution in [0.2, 0.25) is 0 Å². The fourth-order valence-corrected chi connectivity index (χ4v) is 2.13. The molecule has 3 N–H and O–H groups in total. The monoisotopic (exact) mass is 343 g/mol. The molecule has 1 aromatic heterocycles. The van der Waals surface area contributed by atoms with Crippen LogP contribution in [0.15, 0.2) is 41.0 Å². The van der Waals surface area contributed by atoms with Crippen LogP contribution in [0.4, 0.5) is 5.69 Å². The summed E-state index contributed by atoms with van der Waals surface area (Å²) in [6, 6.07) is 8.09. The molecule has 0 radical (unpaired) electrons. The van der Waals surface area contributed by atoms with E-state index in [1.165, 1.54) is 6.26 Å². The summed E-state index contributed by atoms with van der Waals surface area (Å²) in [7, 11) is 0. The van der Waals surface area contributed by atoms with Crippen molar-refractivity contribution in [3.63, 3.8) is 0 Å². The van der Waals surface area contributed by atoms with E-state index in [1.54, 1.807) is 30.3 Å². The van der Waals surface area contributed by atoms with Gasteiger partial charge < -0.3 is 20.4 Å². The molecule has 3 amide bonds. The number of benzene rings is 1. The lowest BCUT2D eigenvalue weighted by atomic mass is 10.1. The number of carbonyl (C=O) groups is 3. The minimum Gasteiger partial charge on any atom is -0.459 e. The van der Waals surface area contributed by atoms with Crippen LogP contribution in [0, 0.1) is 6.92 Å². The summed E-state index contributed by atoms with van der Waals surface area (Å²) in [5.74, 6) is -0.879. The SMILES string of the molecule is Cc1ccc(C(=O)NCC(=O)NC(C)C)cc1NC(=O)c1ccco1. The Hall–Kier alpha value is -3.09. The lowest BCUT2D eigenvalue weighted by Gasteiger charge is -2.11. The van der Waals surface area contributed by atoms with Gasteiger partial charge >= 0.3 is 0 Å². The van der Waals surface area contributed by atoms with Gasteiger partial charge in [0.25, 0.3) is 11.8 Å². The third kappa shape index (κ3) is 5.20. The molecule has 7 heteroatoms. The van der Waals surface area contributed by atoms with E-state index < -0.39 is 11.8 Å². The second-order valence-corrected chi connectivity index (χ2v) is 5.87. The zero-order valence-corrected chi connectivity index (χ0v) is 14.4. The van der Waals surface area contributed by atoms with Crippen LogP contribution in [0.25, 0.3) is 0 Å². The highest BCUT2D eigenvalue weighted by molar-refractivity contribution is 6.04. The van der Waals surface area contributed by atoms with Crippen LogP contribution in [-0.2, 0) is 4.79 Å². The van der Waals surface area contributed by atoms with Crippen LogP contribution >= 0.6 is 0 Å². The Morgan fingerprint density at radius 3 is 2.52 bits per heavy atom. The van der Waals surface area contributed by atoms with Crippen LogP contribution in [0.1, 0.15) is 40.3 Å². The van der Waals surface area contributed by atoms with Gasteiger partial charge in [-0.2, -0.15) is 0 Å². The van der Waals surface area contributed by atoms with Gasteiger partial charge in [0.15, 0.2) is 5.76 Å². The van der Waals surface area contributed by atoms with E-state index in [1.807, 2.05) is 20.8 Å². The Bertz CT molecular complexity index is 767. The first kappa shape index (κ1) is 18.3. The van der Waals surface area contributed by atoms with Gasteiger partial charge in [0.2, 0.25) is 5.91 Å². The summed E-state index contributed by atoms with van der Waals surface area (Å²) in [6.07, 6.45) is 1.41. The van der Waals surface area contributed by atoms with E-state index in [-0.39, 0.29) is 24.3 Å². The highest BCUT2D eigenvalue weighted by Crippen LogP contribution is 2.18. The Balaban J connectivity index is 2.03. The summed E-state index contributed by atoms with van der Waals surface area (Å²) in [5, 5.41) is 7.95. The van der Waals surface area contributed by atoms with Crippen molar-refractivity contribution in [2.75, 3.05) is 11.9 Å². The average Bonchev–Trinajstić information content (AvgIpc) is 3.08. The normalized spacial score (nSPS) is 10.4. The predicted octanol–water partition coefficient (Wildman–Crippen LogP) is 2.09. The Morgan fingerprint density at radius 1 is 1.12 bits per heavy atom. The summed E-state index contributed by atoms with van der Waals surface area (Å²) < 4.78 is 5.05. The fourth-order valence-electron chi connectivity index (χ4n) is 2.13. The maximum atomic E-state index is 12.2. The van der Waals surface area contributed by atoms with Gasteiger partial charge in [-0.15, -0.1) is 0 Å². The molecular formula is C18H21N3O4. The predicted molar refractivity (Wildman–Crippen MR) is 93.5 cm³/mol. The van der Waals surface area contributed by atoms with E-state index in [0.717, 1.165) is 5.56 Å². The fraction of sp³-hybridized carbons (Fsp3) is 0.278. The topological polar surface area (TPSA) is 100 Å². The summed E-state index contributed by atoms with van der Waals surface area (Å²) in [4.78, 5) is 35.9. The summed E-state index contributed by atoms with van der Waals surface area (Å²) >= 11 is 0. The van der Waals surface area contributed by atoms with Crippen molar-refractivity contribution in [3.05, 3.63) is 53.5 Å². The molecule has 1 aromatic carbocycles. The van der Waals surface area contributed by atoms with E-state index in [2.05, 4.69) is 16.0 Å². The maximum Gasteiger partial charge on any atom is 0.291 e. The molecule has 0 bridgehead atoms. The second-order valence-electron chi connectivity index (χ2n) is 5.87. The number of anilines is 1. The Labute approximate surface area is 145 Å². The minimum absolute atomic E-state index is 0.00666. The highest BCUT2D eigenvalue weighted by Gasteiger charge is 2.13. The molecule has 0 atom stereocenters. The van der Waals surface area contributed by atoms with Crippen molar-refractivity contribution in [1.82, 2.24) is 10.6 Å². The van der Waals surface area contributed by atoms with Crippen molar-refractivity contribution in [2.45, 2.75) is 26.8 Å². The van der Waals surface area contributed by atoms with Gasteiger partial charge in [0, 0.05) is 17.3 Å². The molecule has 0 aliphatic carbocycles. The molecule has 2 rings (SSSR count). The van der Waals surface area contributed by atoms with Gasteiger partial charge in [0.05, 0.1) is 12.8 Å². The van der Waals surface area contributed by atoms with Gasteiger partial charge in [-0.3, -0.25) is 14.4 Å².